The van der Waals surface area contributed by atoms with Crippen LogP contribution in [0.5, 0.6) is 5.75 Å². The molecule has 0 radical (unpaired) electrons. The molecule has 25 heavy (non-hydrogen) atoms. The predicted molar refractivity (Wildman–Crippen MR) is 102 cm³/mol. The summed E-state index contributed by atoms with van der Waals surface area (Å²) in [5.74, 6) is 0.677. The lowest BCUT2D eigenvalue weighted by Gasteiger charge is -2.33. The van der Waals surface area contributed by atoms with Gasteiger partial charge in [0.05, 0.1) is 0 Å². The van der Waals surface area contributed by atoms with Crippen LogP contribution in [0.2, 0.25) is 0 Å². The molecule has 1 N–H and O–H groups in total. The summed E-state index contributed by atoms with van der Waals surface area (Å²) in [7, 11) is 0. The number of fused-ring (bicyclic) bond motifs is 1. The number of nitrogens with zero attached hydrogens (tertiary/aromatic N) is 1. The van der Waals surface area contributed by atoms with Gasteiger partial charge in [-0.1, -0.05) is 36.8 Å². The molecule has 3 rings (SSSR count). The smallest absolute Gasteiger partial charge is 0.257 e. The fourth-order valence-corrected chi connectivity index (χ4v) is 3.46. The van der Waals surface area contributed by atoms with E-state index >= 15 is 0 Å². The Labute approximate surface area is 150 Å². The molecule has 1 fully saturated rings. The summed E-state index contributed by atoms with van der Waals surface area (Å²) in [6.07, 6.45) is 4.94. The van der Waals surface area contributed by atoms with Gasteiger partial charge in [-0.05, 0) is 55.6 Å². The quantitative estimate of drug-likeness (QED) is 0.783. The Kier molecular flexibility index (Phi) is 6.29. The summed E-state index contributed by atoms with van der Waals surface area (Å²) in [5.41, 5.74) is 0. The van der Waals surface area contributed by atoms with Crippen LogP contribution in [-0.4, -0.2) is 43.1 Å². The van der Waals surface area contributed by atoms with Gasteiger partial charge in [0.25, 0.3) is 5.91 Å². The van der Waals surface area contributed by atoms with Crippen LogP contribution < -0.4 is 10.1 Å². The number of hydrogen-bond acceptors (Lipinski definition) is 3. The standard InChI is InChI=1S/C21H28N2O2/c1-17-7-4-5-13-23(17)14-6-12-22-21(24)16-25-20-11-10-18-8-2-3-9-19(18)15-20/h2-3,8-11,15,17H,4-7,12-14,16H2,1H3,(H,22,24)/t17-/m1/s1. The number of carbonyl (C=O) groups is 1. The molecule has 0 aliphatic carbocycles. The highest BCUT2D eigenvalue weighted by Gasteiger charge is 2.17. The maximum absolute atomic E-state index is 11.9. The third-order valence-corrected chi connectivity index (χ3v) is 4.98. The second-order valence-electron chi connectivity index (χ2n) is 6.88. The average Bonchev–Trinajstić information content (AvgIpc) is 2.64. The first-order chi connectivity index (χ1) is 12.2. The number of amides is 1. The van der Waals surface area contributed by atoms with E-state index < -0.39 is 0 Å². The van der Waals surface area contributed by atoms with Gasteiger partial charge in [-0.15, -0.1) is 0 Å². The van der Waals surface area contributed by atoms with Crippen LogP contribution in [0.15, 0.2) is 42.5 Å². The Hall–Kier alpha value is -2.07. The van der Waals surface area contributed by atoms with E-state index in [4.69, 9.17) is 4.74 Å². The van der Waals surface area contributed by atoms with E-state index in [-0.39, 0.29) is 12.5 Å². The van der Waals surface area contributed by atoms with Gasteiger partial charge >= 0.3 is 0 Å². The van der Waals surface area contributed by atoms with Gasteiger partial charge in [0, 0.05) is 19.1 Å². The largest absolute Gasteiger partial charge is 0.484 e. The molecule has 4 heteroatoms. The lowest BCUT2D eigenvalue weighted by molar-refractivity contribution is -0.123. The van der Waals surface area contributed by atoms with Gasteiger partial charge in [0.1, 0.15) is 5.75 Å². The third kappa shape index (κ3) is 5.20. The van der Waals surface area contributed by atoms with Crippen molar-refractivity contribution in [2.24, 2.45) is 0 Å². The molecular formula is C21H28N2O2. The highest BCUT2D eigenvalue weighted by molar-refractivity contribution is 5.84. The van der Waals surface area contributed by atoms with Crippen molar-refractivity contribution in [3.63, 3.8) is 0 Å². The predicted octanol–water partition coefficient (Wildman–Crippen LogP) is 3.60. The van der Waals surface area contributed by atoms with Crippen molar-refractivity contribution in [3.05, 3.63) is 42.5 Å². The molecule has 1 aliphatic rings. The Balaban J connectivity index is 1.36. The molecule has 0 bridgehead atoms. The van der Waals surface area contributed by atoms with Crippen molar-refractivity contribution < 1.29 is 9.53 Å². The van der Waals surface area contributed by atoms with Crippen molar-refractivity contribution in [1.82, 2.24) is 10.2 Å². The summed E-state index contributed by atoms with van der Waals surface area (Å²) in [6, 6.07) is 14.7. The van der Waals surface area contributed by atoms with Crippen LogP contribution >= 0.6 is 0 Å². The van der Waals surface area contributed by atoms with E-state index in [0.717, 1.165) is 24.1 Å². The summed E-state index contributed by atoms with van der Waals surface area (Å²) < 4.78 is 5.62. The molecule has 4 nitrogen and oxygen atoms in total. The molecule has 0 saturated carbocycles. The summed E-state index contributed by atoms with van der Waals surface area (Å²) >= 11 is 0. The van der Waals surface area contributed by atoms with Crippen molar-refractivity contribution in [3.8, 4) is 5.75 Å². The fourth-order valence-electron chi connectivity index (χ4n) is 3.46. The molecule has 0 spiro atoms. The van der Waals surface area contributed by atoms with E-state index in [1.165, 1.54) is 31.2 Å². The summed E-state index contributed by atoms with van der Waals surface area (Å²) in [6.45, 7) is 5.34. The number of piperidine rings is 1. The first-order valence-corrected chi connectivity index (χ1v) is 9.35. The Morgan fingerprint density at radius 2 is 2.04 bits per heavy atom. The third-order valence-electron chi connectivity index (χ3n) is 4.98. The number of likely N-dealkylation sites (tertiary alicyclic amines) is 1. The highest BCUT2D eigenvalue weighted by atomic mass is 16.5. The Bertz CT molecular complexity index is 701. The maximum Gasteiger partial charge on any atom is 0.257 e. The second kappa shape index (κ2) is 8.86. The van der Waals surface area contributed by atoms with Crippen molar-refractivity contribution in [1.29, 1.82) is 0 Å². The average molecular weight is 340 g/mol. The normalized spacial score (nSPS) is 18.2. The molecule has 134 valence electrons. The second-order valence-corrected chi connectivity index (χ2v) is 6.88. The zero-order valence-electron chi connectivity index (χ0n) is 15.0. The van der Waals surface area contributed by atoms with E-state index in [2.05, 4.69) is 23.2 Å². The molecular weight excluding hydrogens is 312 g/mol. The minimum Gasteiger partial charge on any atom is -0.484 e. The van der Waals surface area contributed by atoms with Gasteiger partial charge in [0.2, 0.25) is 0 Å². The van der Waals surface area contributed by atoms with Gasteiger partial charge in [-0.2, -0.15) is 0 Å². The van der Waals surface area contributed by atoms with E-state index in [9.17, 15) is 4.79 Å². The first-order valence-electron chi connectivity index (χ1n) is 9.35. The zero-order chi connectivity index (χ0) is 17.5. The van der Waals surface area contributed by atoms with Crippen LogP contribution in [0.1, 0.15) is 32.6 Å². The molecule has 1 heterocycles. The topological polar surface area (TPSA) is 41.6 Å². The van der Waals surface area contributed by atoms with Crippen LogP contribution in [0.25, 0.3) is 10.8 Å². The number of ether oxygens (including phenoxy) is 1. The highest BCUT2D eigenvalue weighted by Crippen LogP contribution is 2.20. The first kappa shape index (κ1) is 17.7. The Morgan fingerprint density at radius 1 is 1.20 bits per heavy atom. The van der Waals surface area contributed by atoms with Crippen molar-refractivity contribution >= 4 is 16.7 Å². The van der Waals surface area contributed by atoms with Gasteiger partial charge in [-0.3, -0.25) is 4.79 Å². The van der Waals surface area contributed by atoms with E-state index in [1.54, 1.807) is 0 Å². The molecule has 1 aliphatic heterocycles. The molecule has 0 unspecified atom stereocenters. The van der Waals surface area contributed by atoms with Crippen LogP contribution in [0.3, 0.4) is 0 Å². The number of nitrogens with one attached hydrogen (secondary N) is 1. The number of hydrogen-bond donors (Lipinski definition) is 1. The monoisotopic (exact) mass is 340 g/mol. The molecule has 1 atom stereocenters. The van der Waals surface area contributed by atoms with Crippen LogP contribution in [-0.2, 0) is 4.79 Å². The van der Waals surface area contributed by atoms with E-state index in [1.807, 2.05) is 36.4 Å². The summed E-state index contributed by atoms with van der Waals surface area (Å²) in [4.78, 5) is 14.5. The van der Waals surface area contributed by atoms with Crippen LogP contribution in [0.4, 0.5) is 0 Å². The van der Waals surface area contributed by atoms with Crippen molar-refractivity contribution in [2.45, 2.75) is 38.6 Å². The molecule has 1 saturated heterocycles. The summed E-state index contributed by atoms with van der Waals surface area (Å²) in [5, 5.41) is 5.25. The number of rotatable bonds is 7. The minimum atomic E-state index is -0.0557. The lowest BCUT2D eigenvalue weighted by Crippen LogP contribution is -2.39. The fraction of sp³-hybridized carbons (Fsp3) is 0.476. The maximum atomic E-state index is 11.9. The van der Waals surface area contributed by atoms with Gasteiger partial charge in [-0.25, -0.2) is 0 Å². The van der Waals surface area contributed by atoms with E-state index in [0.29, 0.717) is 12.6 Å². The molecule has 2 aromatic rings. The van der Waals surface area contributed by atoms with Crippen LogP contribution in [0, 0.1) is 0 Å². The molecule has 0 aromatic heterocycles. The van der Waals surface area contributed by atoms with Gasteiger partial charge < -0.3 is 15.0 Å². The molecule has 1 amide bonds. The lowest BCUT2D eigenvalue weighted by atomic mass is 10.0. The zero-order valence-corrected chi connectivity index (χ0v) is 15.0. The minimum absolute atomic E-state index is 0.0557. The number of benzene rings is 2. The SMILES string of the molecule is C[C@@H]1CCCCN1CCCNC(=O)COc1ccc2ccccc2c1. The Morgan fingerprint density at radius 3 is 2.88 bits per heavy atom. The van der Waals surface area contributed by atoms with Gasteiger partial charge in [0.15, 0.2) is 6.61 Å². The van der Waals surface area contributed by atoms with Crippen molar-refractivity contribution in [2.75, 3.05) is 26.2 Å². The molecule has 2 aromatic carbocycles. The number of carbonyl (C=O) groups excluding carboxylic acids is 1.